The van der Waals surface area contributed by atoms with Crippen LogP contribution in [0.2, 0.25) is 0 Å². The van der Waals surface area contributed by atoms with Crippen LogP contribution in [0.15, 0.2) is 24.3 Å². The van der Waals surface area contributed by atoms with Crippen LogP contribution in [0, 0.1) is 11.3 Å². The van der Waals surface area contributed by atoms with Crippen LogP contribution in [0.4, 0.5) is 0 Å². The lowest BCUT2D eigenvalue weighted by Gasteiger charge is -2.31. The molecule has 1 heterocycles. The van der Waals surface area contributed by atoms with Gasteiger partial charge in [-0.2, -0.15) is 5.26 Å². The van der Waals surface area contributed by atoms with Crippen LogP contribution >= 0.6 is 0 Å². The molecule has 0 spiro atoms. The van der Waals surface area contributed by atoms with Crippen LogP contribution in [-0.4, -0.2) is 20.3 Å². The molecule has 1 saturated heterocycles. The maximum Gasteiger partial charge on any atom is 0.119 e. The molecule has 16 heavy (non-hydrogen) atoms. The fourth-order valence-corrected chi connectivity index (χ4v) is 2.11. The second-order valence-electron chi connectivity index (χ2n) is 4.04. The smallest absolute Gasteiger partial charge is 0.119 e. The Hall–Kier alpha value is -1.53. The molecule has 3 heteroatoms. The van der Waals surface area contributed by atoms with Gasteiger partial charge in [-0.1, -0.05) is 12.1 Å². The summed E-state index contributed by atoms with van der Waals surface area (Å²) in [6, 6.07) is 10.2. The van der Waals surface area contributed by atoms with Gasteiger partial charge in [-0.05, 0) is 30.5 Å². The summed E-state index contributed by atoms with van der Waals surface area (Å²) in [7, 11) is 1.64. The SMILES string of the molecule is COc1cccc(C2(C#N)CCOCC2)c1. The summed E-state index contributed by atoms with van der Waals surface area (Å²) in [5, 5.41) is 9.41. The molecule has 1 aliphatic rings. The fraction of sp³-hybridized carbons (Fsp3) is 0.462. The van der Waals surface area contributed by atoms with Crippen molar-refractivity contribution in [3.05, 3.63) is 29.8 Å². The van der Waals surface area contributed by atoms with Crippen LogP contribution < -0.4 is 4.74 Å². The minimum atomic E-state index is -0.396. The molecule has 0 aliphatic carbocycles. The number of nitrogens with zero attached hydrogens (tertiary/aromatic N) is 1. The number of benzene rings is 1. The summed E-state index contributed by atoms with van der Waals surface area (Å²) >= 11 is 0. The zero-order chi connectivity index (χ0) is 11.4. The largest absolute Gasteiger partial charge is 0.497 e. The van der Waals surface area contributed by atoms with Gasteiger partial charge < -0.3 is 9.47 Å². The Bertz CT molecular complexity index is 403. The van der Waals surface area contributed by atoms with Crippen molar-refractivity contribution in [2.24, 2.45) is 0 Å². The van der Waals surface area contributed by atoms with E-state index in [1.54, 1.807) is 7.11 Å². The van der Waals surface area contributed by atoms with E-state index in [-0.39, 0.29) is 0 Å². The Morgan fingerprint density at radius 3 is 2.75 bits per heavy atom. The maximum atomic E-state index is 9.41. The van der Waals surface area contributed by atoms with E-state index in [1.165, 1.54) is 0 Å². The number of hydrogen-bond donors (Lipinski definition) is 0. The van der Waals surface area contributed by atoms with Crippen molar-refractivity contribution in [2.45, 2.75) is 18.3 Å². The second kappa shape index (κ2) is 4.54. The van der Waals surface area contributed by atoms with Crippen molar-refractivity contribution in [2.75, 3.05) is 20.3 Å². The molecule has 0 unspecified atom stereocenters. The van der Waals surface area contributed by atoms with Gasteiger partial charge in [0.2, 0.25) is 0 Å². The van der Waals surface area contributed by atoms with Gasteiger partial charge in [0.05, 0.1) is 18.6 Å². The third kappa shape index (κ3) is 1.89. The van der Waals surface area contributed by atoms with Crippen molar-refractivity contribution in [1.29, 1.82) is 5.26 Å². The van der Waals surface area contributed by atoms with Gasteiger partial charge in [-0.25, -0.2) is 0 Å². The highest BCUT2D eigenvalue weighted by atomic mass is 16.5. The molecule has 1 fully saturated rings. The van der Waals surface area contributed by atoms with Crippen LogP contribution in [0.3, 0.4) is 0 Å². The molecule has 1 aromatic rings. The third-order valence-corrected chi connectivity index (χ3v) is 3.18. The average molecular weight is 217 g/mol. The van der Waals surface area contributed by atoms with E-state index in [0.29, 0.717) is 13.2 Å². The van der Waals surface area contributed by atoms with Crippen LogP contribution in [0.5, 0.6) is 5.75 Å². The molecule has 3 nitrogen and oxygen atoms in total. The Balaban J connectivity index is 2.36. The molecule has 2 rings (SSSR count). The van der Waals surface area contributed by atoms with Gasteiger partial charge in [-0.3, -0.25) is 0 Å². The molecule has 0 atom stereocenters. The first kappa shape index (κ1) is 11.0. The fourth-order valence-electron chi connectivity index (χ4n) is 2.11. The maximum absolute atomic E-state index is 9.41. The predicted octanol–water partition coefficient (Wildman–Crippen LogP) is 2.27. The zero-order valence-electron chi connectivity index (χ0n) is 9.40. The molecule has 0 saturated carbocycles. The predicted molar refractivity (Wildman–Crippen MR) is 60.3 cm³/mol. The van der Waals surface area contributed by atoms with Gasteiger partial charge in [0.15, 0.2) is 0 Å². The van der Waals surface area contributed by atoms with E-state index in [0.717, 1.165) is 24.2 Å². The molecular weight excluding hydrogens is 202 g/mol. The first-order chi connectivity index (χ1) is 7.80. The second-order valence-corrected chi connectivity index (χ2v) is 4.04. The van der Waals surface area contributed by atoms with E-state index >= 15 is 0 Å². The molecule has 0 N–H and O–H groups in total. The highest BCUT2D eigenvalue weighted by molar-refractivity contribution is 5.38. The van der Waals surface area contributed by atoms with Gasteiger partial charge >= 0.3 is 0 Å². The monoisotopic (exact) mass is 217 g/mol. The minimum Gasteiger partial charge on any atom is -0.497 e. The minimum absolute atomic E-state index is 0.396. The van der Waals surface area contributed by atoms with E-state index < -0.39 is 5.41 Å². The number of nitriles is 1. The number of hydrogen-bond acceptors (Lipinski definition) is 3. The first-order valence-electron chi connectivity index (χ1n) is 5.44. The molecule has 84 valence electrons. The molecule has 0 amide bonds. The highest BCUT2D eigenvalue weighted by Crippen LogP contribution is 2.35. The average Bonchev–Trinajstić information content (AvgIpc) is 2.39. The normalized spacial score (nSPS) is 18.8. The van der Waals surface area contributed by atoms with E-state index in [4.69, 9.17) is 9.47 Å². The topological polar surface area (TPSA) is 42.2 Å². The van der Waals surface area contributed by atoms with Gasteiger partial charge in [0, 0.05) is 13.2 Å². The standard InChI is InChI=1S/C13H15NO2/c1-15-12-4-2-3-11(9-12)13(10-14)5-7-16-8-6-13/h2-4,9H,5-8H2,1H3. The lowest BCUT2D eigenvalue weighted by Crippen LogP contribution is -2.32. The molecular formula is C13H15NO2. The molecule has 0 bridgehead atoms. The van der Waals surface area contributed by atoms with Crippen molar-refractivity contribution < 1.29 is 9.47 Å². The number of ether oxygens (including phenoxy) is 2. The van der Waals surface area contributed by atoms with Crippen molar-refractivity contribution >= 4 is 0 Å². The Labute approximate surface area is 95.6 Å². The van der Waals surface area contributed by atoms with Crippen LogP contribution in [-0.2, 0) is 10.2 Å². The number of methoxy groups -OCH3 is 1. The van der Waals surface area contributed by atoms with Crippen LogP contribution in [0.1, 0.15) is 18.4 Å². The highest BCUT2D eigenvalue weighted by Gasteiger charge is 2.34. The summed E-state index contributed by atoms with van der Waals surface area (Å²) in [5.41, 5.74) is 0.643. The Morgan fingerprint density at radius 2 is 2.12 bits per heavy atom. The molecule has 0 aromatic heterocycles. The lowest BCUT2D eigenvalue weighted by atomic mass is 9.75. The quantitative estimate of drug-likeness (QED) is 0.763. The van der Waals surface area contributed by atoms with E-state index in [9.17, 15) is 5.26 Å². The lowest BCUT2D eigenvalue weighted by molar-refractivity contribution is 0.0675. The first-order valence-corrected chi connectivity index (χ1v) is 5.44. The van der Waals surface area contributed by atoms with Gasteiger partial charge in [0.1, 0.15) is 5.75 Å². The molecule has 0 radical (unpaired) electrons. The van der Waals surface area contributed by atoms with Gasteiger partial charge in [0.25, 0.3) is 0 Å². The van der Waals surface area contributed by atoms with Crippen molar-refractivity contribution in [3.63, 3.8) is 0 Å². The van der Waals surface area contributed by atoms with E-state index in [1.807, 2.05) is 24.3 Å². The summed E-state index contributed by atoms with van der Waals surface area (Å²) in [5.74, 6) is 0.804. The summed E-state index contributed by atoms with van der Waals surface area (Å²) in [6.07, 6.45) is 1.52. The zero-order valence-corrected chi connectivity index (χ0v) is 9.40. The third-order valence-electron chi connectivity index (χ3n) is 3.18. The summed E-state index contributed by atoms with van der Waals surface area (Å²) in [4.78, 5) is 0. The Morgan fingerprint density at radius 1 is 1.38 bits per heavy atom. The van der Waals surface area contributed by atoms with Crippen molar-refractivity contribution in [3.8, 4) is 11.8 Å². The van der Waals surface area contributed by atoms with Crippen LogP contribution in [0.25, 0.3) is 0 Å². The van der Waals surface area contributed by atoms with Gasteiger partial charge in [-0.15, -0.1) is 0 Å². The summed E-state index contributed by atoms with van der Waals surface area (Å²) in [6.45, 7) is 1.32. The number of rotatable bonds is 2. The summed E-state index contributed by atoms with van der Waals surface area (Å²) < 4.78 is 10.5. The Kier molecular flexibility index (Phi) is 3.12. The molecule has 1 aliphatic heterocycles. The molecule has 1 aromatic carbocycles. The van der Waals surface area contributed by atoms with E-state index in [2.05, 4.69) is 6.07 Å². The van der Waals surface area contributed by atoms with Crippen molar-refractivity contribution in [1.82, 2.24) is 0 Å².